The number of carbonyl (C=O) groups excluding carboxylic acids is 1. The number of para-hydroxylation sites is 1. The van der Waals surface area contributed by atoms with E-state index in [2.05, 4.69) is 18.0 Å². The molecule has 2 nitrogen and oxygen atoms in total. The van der Waals surface area contributed by atoms with Crippen LogP contribution < -0.4 is 0 Å². The van der Waals surface area contributed by atoms with Gasteiger partial charge in [0.25, 0.3) is 0 Å². The SMILES string of the molecule is CCC1CCC(C(=O)Cc2ccnc3ccccc23)C1. The Hall–Kier alpha value is -1.70. The van der Waals surface area contributed by atoms with E-state index in [4.69, 9.17) is 0 Å². The summed E-state index contributed by atoms with van der Waals surface area (Å²) in [5.41, 5.74) is 2.11. The first-order valence-electron chi connectivity index (χ1n) is 7.63. The summed E-state index contributed by atoms with van der Waals surface area (Å²) in [6, 6.07) is 10.1. The van der Waals surface area contributed by atoms with Crippen molar-refractivity contribution >= 4 is 16.7 Å². The average molecular weight is 267 g/mol. The predicted molar refractivity (Wildman–Crippen MR) is 81.6 cm³/mol. The van der Waals surface area contributed by atoms with Gasteiger partial charge < -0.3 is 0 Å². The molecular weight excluding hydrogens is 246 g/mol. The fourth-order valence-electron chi connectivity index (χ4n) is 3.38. The summed E-state index contributed by atoms with van der Waals surface area (Å²) in [4.78, 5) is 16.9. The van der Waals surface area contributed by atoms with Gasteiger partial charge in [-0.15, -0.1) is 0 Å². The van der Waals surface area contributed by atoms with Crippen LogP contribution in [-0.2, 0) is 11.2 Å². The number of rotatable bonds is 4. The molecule has 0 radical (unpaired) electrons. The van der Waals surface area contributed by atoms with Crippen LogP contribution in [0, 0.1) is 11.8 Å². The van der Waals surface area contributed by atoms with Gasteiger partial charge in [0.15, 0.2) is 0 Å². The van der Waals surface area contributed by atoms with Gasteiger partial charge in [-0.25, -0.2) is 0 Å². The summed E-state index contributed by atoms with van der Waals surface area (Å²) in [5.74, 6) is 1.46. The Morgan fingerprint density at radius 1 is 1.25 bits per heavy atom. The van der Waals surface area contributed by atoms with Crippen LogP contribution in [0.15, 0.2) is 36.5 Å². The zero-order valence-corrected chi connectivity index (χ0v) is 12.0. The van der Waals surface area contributed by atoms with Crippen LogP contribution >= 0.6 is 0 Å². The smallest absolute Gasteiger partial charge is 0.140 e. The Kier molecular flexibility index (Phi) is 3.81. The fraction of sp³-hybridized carbons (Fsp3) is 0.444. The van der Waals surface area contributed by atoms with Crippen LogP contribution in [0.3, 0.4) is 0 Å². The molecule has 0 spiro atoms. The molecule has 0 bridgehead atoms. The molecule has 0 amide bonds. The highest BCUT2D eigenvalue weighted by molar-refractivity contribution is 5.90. The van der Waals surface area contributed by atoms with Gasteiger partial charge in [0.2, 0.25) is 0 Å². The molecule has 2 aromatic rings. The molecular formula is C18H21NO. The Morgan fingerprint density at radius 3 is 2.90 bits per heavy atom. The van der Waals surface area contributed by atoms with E-state index in [-0.39, 0.29) is 5.92 Å². The van der Waals surface area contributed by atoms with Crippen LogP contribution in [0.4, 0.5) is 0 Å². The summed E-state index contributed by atoms with van der Waals surface area (Å²) >= 11 is 0. The largest absolute Gasteiger partial charge is 0.299 e. The predicted octanol–water partition coefficient (Wildman–Crippen LogP) is 4.17. The second-order valence-corrected chi connectivity index (χ2v) is 5.91. The topological polar surface area (TPSA) is 30.0 Å². The monoisotopic (exact) mass is 267 g/mol. The first kappa shape index (κ1) is 13.3. The standard InChI is InChI=1S/C18H21NO/c1-2-13-7-8-15(11-13)18(20)12-14-9-10-19-17-6-4-3-5-16(14)17/h3-6,9-10,13,15H,2,7-8,11-12H2,1H3. The molecule has 1 fully saturated rings. The zero-order valence-electron chi connectivity index (χ0n) is 12.0. The van der Waals surface area contributed by atoms with Crippen molar-refractivity contribution in [2.45, 2.75) is 39.0 Å². The van der Waals surface area contributed by atoms with Crippen molar-refractivity contribution in [1.29, 1.82) is 0 Å². The Labute approximate surface area is 120 Å². The van der Waals surface area contributed by atoms with Gasteiger partial charge in [0, 0.05) is 23.9 Å². The minimum Gasteiger partial charge on any atom is -0.299 e. The van der Waals surface area contributed by atoms with Crippen molar-refractivity contribution in [3.05, 3.63) is 42.1 Å². The van der Waals surface area contributed by atoms with Crippen LogP contribution in [0.2, 0.25) is 0 Å². The van der Waals surface area contributed by atoms with Gasteiger partial charge in [0.1, 0.15) is 5.78 Å². The normalized spacial score (nSPS) is 22.2. The van der Waals surface area contributed by atoms with Crippen molar-refractivity contribution in [2.75, 3.05) is 0 Å². The molecule has 0 N–H and O–H groups in total. The quantitative estimate of drug-likeness (QED) is 0.832. The number of hydrogen-bond donors (Lipinski definition) is 0. The number of ketones is 1. The number of Topliss-reactive ketones (excluding diaryl/α,β-unsaturated/α-hetero) is 1. The molecule has 1 saturated carbocycles. The third kappa shape index (κ3) is 2.60. The molecule has 0 saturated heterocycles. The molecule has 1 aliphatic carbocycles. The Balaban J connectivity index is 1.78. The van der Waals surface area contributed by atoms with E-state index in [1.807, 2.05) is 30.5 Å². The summed E-state index contributed by atoms with van der Waals surface area (Å²) in [6.07, 6.45) is 6.99. The van der Waals surface area contributed by atoms with Crippen LogP contribution in [0.1, 0.15) is 38.2 Å². The van der Waals surface area contributed by atoms with Crippen molar-refractivity contribution < 1.29 is 4.79 Å². The van der Waals surface area contributed by atoms with Gasteiger partial charge in [-0.05, 0) is 42.9 Å². The lowest BCUT2D eigenvalue weighted by atomic mass is 9.94. The minimum atomic E-state index is 0.284. The van der Waals surface area contributed by atoms with E-state index >= 15 is 0 Å². The van der Waals surface area contributed by atoms with Gasteiger partial charge in [-0.2, -0.15) is 0 Å². The average Bonchev–Trinajstić information content (AvgIpc) is 2.97. The van der Waals surface area contributed by atoms with Crippen molar-refractivity contribution in [2.24, 2.45) is 11.8 Å². The lowest BCUT2D eigenvalue weighted by Crippen LogP contribution is -2.14. The molecule has 0 aliphatic heterocycles. The van der Waals surface area contributed by atoms with Gasteiger partial charge >= 0.3 is 0 Å². The van der Waals surface area contributed by atoms with Crippen LogP contribution in [0.5, 0.6) is 0 Å². The minimum absolute atomic E-state index is 0.284. The van der Waals surface area contributed by atoms with Crippen LogP contribution in [-0.4, -0.2) is 10.8 Å². The zero-order chi connectivity index (χ0) is 13.9. The third-order valence-electron chi connectivity index (χ3n) is 4.68. The van der Waals surface area contributed by atoms with E-state index in [1.54, 1.807) is 0 Å². The summed E-state index contributed by atoms with van der Waals surface area (Å²) < 4.78 is 0. The number of hydrogen-bond acceptors (Lipinski definition) is 2. The Morgan fingerprint density at radius 2 is 2.10 bits per heavy atom. The first-order valence-corrected chi connectivity index (χ1v) is 7.63. The van der Waals surface area contributed by atoms with Crippen molar-refractivity contribution in [3.8, 4) is 0 Å². The number of nitrogens with zero attached hydrogens (tertiary/aromatic N) is 1. The fourth-order valence-corrected chi connectivity index (χ4v) is 3.38. The summed E-state index contributed by atoms with van der Waals surface area (Å²) in [7, 11) is 0. The van der Waals surface area contributed by atoms with E-state index in [0.29, 0.717) is 12.2 Å². The molecule has 104 valence electrons. The van der Waals surface area contributed by atoms with E-state index in [0.717, 1.165) is 35.2 Å². The molecule has 1 heterocycles. The molecule has 1 aromatic carbocycles. The maximum absolute atomic E-state index is 12.5. The molecule has 2 atom stereocenters. The molecule has 1 aromatic heterocycles. The number of aromatic nitrogens is 1. The van der Waals surface area contributed by atoms with E-state index < -0.39 is 0 Å². The molecule has 2 unspecified atom stereocenters. The van der Waals surface area contributed by atoms with Crippen LogP contribution in [0.25, 0.3) is 10.9 Å². The lowest BCUT2D eigenvalue weighted by molar-refractivity contribution is -0.122. The van der Waals surface area contributed by atoms with Crippen molar-refractivity contribution in [1.82, 2.24) is 4.98 Å². The first-order chi connectivity index (χ1) is 9.78. The molecule has 1 aliphatic rings. The highest BCUT2D eigenvalue weighted by Gasteiger charge is 2.28. The summed E-state index contributed by atoms with van der Waals surface area (Å²) in [5, 5.41) is 1.12. The Bertz CT molecular complexity index is 614. The maximum Gasteiger partial charge on any atom is 0.140 e. The number of carbonyl (C=O) groups is 1. The van der Waals surface area contributed by atoms with Gasteiger partial charge in [-0.1, -0.05) is 31.5 Å². The maximum atomic E-state index is 12.5. The summed E-state index contributed by atoms with van der Waals surface area (Å²) in [6.45, 7) is 2.23. The van der Waals surface area contributed by atoms with E-state index in [9.17, 15) is 4.79 Å². The third-order valence-corrected chi connectivity index (χ3v) is 4.68. The van der Waals surface area contributed by atoms with Crippen molar-refractivity contribution in [3.63, 3.8) is 0 Å². The van der Waals surface area contributed by atoms with Gasteiger partial charge in [0.05, 0.1) is 5.52 Å². The number of benzene rings is 1. The number of fused-ring (bicyclic) bond motifs is 1. The second-order valence-electron chi connectivity index (χ2n) is 5.91. The molecule has 2 heteroatoms. The van der Waals surface area contributed by atoms with Gasteiger partial charge in [-0.3, -0.25) is 9.78 Å². The highest BCUT2D eigenvalue weighted by Crippen LogP contribution is 2.34. The molecule has 3 rings (SSSR count). The lowest BCUT2D eigenvalue weighted by Gasteiger charge is -2.10. The van der Waals surface area contributed by atoms with E-state index in [1.165, 1.54) is 12.8 Å². The number of pyridine rings is 1. The molecule has 20 heavy (non-hydrogen) atoms. The second kappa shape index (κ2) is 5.74. The highest BCUT2D eigenvalue weighted by atomic mass is 16.1.